The van der Waals surface area contributed by atoms with E-state index in [1.54, 1.807) is 11.8 Å². The number of benzene rings is 2. The largest absolute Gasteiger partial charge is 0.392 e. The Morgan fingerprint density at radius 2 is 1.70 bits per heavy atom. The fourth-order valence-corrected chi connectivity index (χ4v) is 3.16. The summed E-state index contributed by atoms with van der Waals surface area (Å²) in [6.07, 6.45) is 0. The van der Waals surface area contributed by atoms with E-state index in [0.29, 0.717) is 0 Å². The predicted molar refractivity (Wildman–Crippen MR) is 85.1 cm³/mol. The zero-order valence-electron chi connectivity index (χ0n) is 12.3. The molecule has 0 aliphatic carbocycles. The first-order chi connectivity index (χ1) is 9.60. The van der Waals surface area contributed by atoms with Crippen LogP contribution in [0.2, 0.25) is 0 Å². The second kappa shape index (κ2) is 6.93. The van der Waals surface area contributed by atoms with Crippen molar-refractivity contribution in [2.45, 2.75) is 29.9 Å². The molecule has 2 rings (SSSR count). The van der Waals surface area contributed by atoms with Crippen molar-refractivity contribution in [1.29, 1.82) is 0 Å². The lowest BCUT2D eigenvalue weighted by Gasteiger charge is -2.15. The number of hydrogen-bond donors (Lipinski definition) is 1. The highest BCUT2D eigenvalue weighted by Gasteiger charge is 2.08. The minimum Gasteiger partial charge on any atom is -0.392 e. The Hall–Kier alpha value is -1.29. The molecule has 0 unspecified atom stereocenters. The van der Waals surface area contributed by atoms with E-state index in [2.05, 4.69) is 61.5 Å². The average molecular weight is 287 g/mol. The van der Waals surface area contributed by atoms with E-state index in [1.807, 2.05) is 6.92 Å². The molecule has 0 bridgehead atoms. The van der Waals surface area contributed by atoms with E-state index in [9.17, 15) is 5.11 Å². The zero-order valence-corrected chi connectivity index (χ0v) is 13.1. The smallest absolute Gasteiger partial charge is 0.0692 e. The van der Waals surface area contributed by atoms with Gasteiger partial charge in [0, 0.05) is 16.3 Å². The molecule has 106 valence electrons. The molecule has 0 aliphatic heterocycles. The monoisotopic (exact) mass is 287 g/mol. The molecule has 0 spiro atoms. The number of hydrogen-bond acceptors (Lipinski definition) is 3. The fraction of sp³-hybridized carbons (Fsp3) is 0.294. The molecule has 0 aliphatic rings. The molecule has 0 atom stereocenters. The van der Waals surface area contributed by atoms with Gasteiger partial charge in [0.15, 0.2) is 0 Å². The first kappa shape index (κ1) is 15.1. The molecule has 0 heterocycles. The van der Waals surface area contributed by atoms with Gasteiger partial charge in [-0.15, -0.1) is 0 Å². The third kappa shape index (κ3) is 3.85. The third-order valence-corrected chi connectivity index (χ3v) is 4.30. The summed E-state index contributed by atoms with van der Waals surface area (Å²) in [5, 5.41) is 9.51. The van der Waals surface area contributed by atoms with E-state index < -0.39 is 0 Å². The topological polar surface area (TPSA) is 23.5 Å². The van der Waals surface area contributed by atoms with Gasteiger partial charge in [0.05, 0.1) is 6.61 Å². The van der Waals surface area contributed by atoms with Gasteiger partial charge in [0.1, 0.15) is 0 Å². The maximum absolute atomic E-state index is 9.51. The van der Waals surface area contributed by atoms with Crippen molar-refractivity contribution in [3.8, 4) is 0 Å². The second-order valence-electron chi connectivity index (χ2n) is 5.22. The van der Waals surface area contributed by atoms with Crippen LogP contribution in [0.3, 0.4) is 0 Å². The highest BCUT2D eigenvalue weighted by Crippen LogP contribution is 2.33. The van der Waals surface area contributed by atoms with Crippen LogP contribution >= 0.6 is 11.8 Å². The molecule has 2 aromatic rings. The molecule has 0 radical (unpaired) electrons. The lowest BCUT2D eigenvalue weighted by atomic mass is 10.1. The van der Waals surface area contributed by atoms with Crippen molar-refractivity contribution in [2.75, 3.05) is 14.1 Å². The molecule has 20 heavy (non-hydrogen) atoms. The van der Waals surface area contributed by atoms with Crippen LogP contribution in [-0.2, 0) is 13.2 Å². The van der Waals surface area contributed by atoms with Crippen LogP contribution in [0.1, 0.15) is 16.7 Å². The maximum Gasteiger partial charge on any atom is 0.0692 e. The average Bonchev–Trinajstić information content (AvgIpc) is 2.42. The zero-order chi connectivity index (χ0) is 14.5. The van der Waals surface area contributed by atoms with Gasteiger partial charge < -0.3 is 10.0 Å². The van der Waals surface area contributed by atoms with Crippen molar-refractivity contribution < 1.29 is 5.11 Å². The van der Waals surface area contributed by atoms with E-state index in [4.69, 9.17) is 0 Å². The number of rotatable bonds is 5. The van der Waals surface area contributed by atoms with Crippen molar-refractivity contribution in [2.24, 2.45) is 0 Å². The van der Waals surface area contributed by atoms with Crippen molar-refractivity contribution >= 4 is 11.8 Å². The molecular weight excluding hydrogens is 266 g/mol. The summed E-state index contributed by atoms with van der Waals surface area (Å²) >= 11 is 1.73. The van der Waals surface area contributed by atoms with Crippen molar-refractivity contribution in [3.63, 3.8) is 0 Å². The van der Waals surface area contributed by atoms with Gasteiger partial charge in [-0.3, -0.25) is 0 Å². The van der Waals surface area contributed by atoms with Gasteiger partial charge in [-0.1, -0.05) is 47.7 Å². The van der Waals surface area contributed by atoms with Crippen LogP contribution in [-0.4, -0.2) is 24.1 Å². The first-order valence-electron chi connectivity index (χ1n) is 6.71. The van der Waals surface area contributed by atoms with E-state index in [-0.39, 0.29) is 6.61 Å². The highest BCUT2D eigenvalue weighted by atomic mass is 32.2. The van der Waals surface area contributed by atoms with Gasteiger partial charge in [-0.2, -0.15) is 0 Å². The van der Waals surface area contributed by atoms with Crippen LogP contribution < -0.4 is 0 Å². The van der Waals surface area contributed by atoms with Crippen molar-refractivity contribution in [3.05, 3.63) is 59.2 Å². The molecule has 0 amide bonds. The number of nitrogens with zero attached hydrogens (tertiary/aromatic N) is 1. The maximum atomic E-state index is 9.51. The Morgan fingerprint density at radius 1 is 1.00 bits per heavy atom. The van der Waals surface area contributed by atoms with Gasteiger partial charge in [0.25, 0.3) is 0 Å². The summed E-state index contributed by atoms with van der Waals surface area (Å²) in [4.78, 5) is 4.55. The number of aryl methyl sites for hydroxylation is 1. The summed E-state index contributed by atoms with van der Waals surface area (Å²) in [5.41, 5.74) is 3.49. The van der Waals surface area contributed by atoms with E-state index >= 15 is 0 Å². The molecule has 0 saturated heterocycles. The molecule has 1 N–H and O–H groups in total. The lowest BCUT2D eigenvalue weighted by Crippen LogP contribution is -2.11. The Labute approximate surface area is 125 Å². The van der Waals surface area contributed by atoms with E-state index in [1.165, 1.54) is 16.0 Å². The predicted octanol–water partition coefficient (Wildman–Crippen LogP) is 3.70. The molecule has 0 saturated carbocycles. The van der Waals surface area contributed by atoms with Crippen LogP contribution in [0.15, 0.2) is 52.3 Å². The Morgan fingerprint density at radius 3 is 2.40 bits per heavy atom. The minimum absolute atomic E-state index is 0.0832. The summed E-state index contributed by atoms with van der Waals surface area (Å²) in [5.74, 6) is 0. The van der Waals surface area contributed by atoms with Crippen LogP contribution in [0.5, 0.6) is 0 Å². The Bertz CT molecular complexity index is 581. The highest BCUT2D eigenvalue weighted by molar-refractivity contribution is 7.99. The lowest BCUT2D eigenvalue weighted by molar-refractivity contribution is 0.279. The van der Waals surface area contributed by atoms with Gasteiger partial charge in [-0.05, 0) is 44.3 Å². The molecular formula is C17H21NOS. The summed E-state index contributed by atoms with van der Waals surface area (Å²) in [7, 11) is 4.15. The SMILES string of the molecule is Cc1ccc(Sc2ccccc2CN(C)C)c(CO)c1. The first-order valence-corrected chi connectivity index (χ1v) is 7.52. The molecule has 0 fully saturated rings. The molecule has 2 aromatic carbocycles. The molecule has 0 aromatic heterocycles. The van der Waals surface area contributed by atoms with Crippen LogP contribution in [0.4, 0.5) is 0 Å². The summed E-state index contributed by atoms with van der Waals surface area (Å²) in [6.45, 7) is 3.05. The molecule has 2 nitrogen and oxygen atoms in total. The summed E-state index contributed by atoms with van der Waals surface area (Å²) < 4.78 is 0. The fourth-order valence-electron chi connectivity index (χ4n) is 2.12. The standard InChI is InChI=1S/C17H21NOS/c1-13-8-9-17(15(10-13)12-19)20-16-7-5-4-6-14(16)11-18(2)3/h4-10,19H,11-12H2,1-3H3. The normalized spacial score (nSPS) is 11.1. The second-order valence-corrected chi connectivity index (χ2v) is 6.30. The third-order valence-electron chi connectivity index (χ3n) is 3.07. The number of aliphatic hydroxyl groups excluding tert-OH is 1. The van der Waals surface area contributed by atoms with Crippen LogP contribution in [0.25, 0.3) is 0 Å². The van der Waals surface area contributed by atoms with Gasteiger partial charge in [0.2, 0.25) is 0 Å². The van der Waals surface area contributed by atoms with Gasteiger partial charge >= 0.3 is 0 Å². The summed E-state index contributed by atoms with van der Waals surface area (Å²) in [6, 6.07) is 14.7. The Balaban J connectivity index is 2.30. The molecule has 3 heteroatoms. The Kier molecular flexibility index (Phi) is 5.24. The quantitative estimate of drug-likeness (QED) is 0.907. The van der Waals surface area contributed by atoms with Crippen LogP contribution in [0, 0.1) is 6.92 Å². The van der Waals surface area contributed by atoms with Crippen molar-refractivity contribution in [1.82, 2.24) is 4.90 Å². The minimum atomic E-state index is 0.0832. The van der Waals surface area contributed by atoms with E-state index in [0.717, 1.165) is 17.0 Å². The number of aliphatic hydroxyl groups is 1. The van der Waals surface area contributed by atoms with Gasteiger partial charge in [-0.25, -0.2) is 0 Å².